The first-order valence-corrected chi connectivity index (χ1v) is 4.06. The van der Waals surface area contributed by atoms with Crippen LogP contribution in [0.1, 0.15) is 34.1 Å². The lowest BCUT2D eigenvalue weighted by Gasteiger charge is -2.04. The van der Waals surface area contributed by atoms with Gasteiger partial charge in [0.2, 0.25) is 0 Å². The summed E-state index contributed by atoms with van der Waals surface area (Å²) < 4.78 is 0. The van der Waals surface area contributed by atoms with Crippen LogP contribution in [-0.2, 0) is 0 Å². The molecule has 0 bridgehead atoms. The SMILES string of the molecule is C=C(C)C1=C(C)CC(C)=C1C. The lowest BCUT2D eigenvalue weighted by atomic mass is 10.0. The summed E-state index contributed by atoms with van der Waals surface area (Å²) in [5, 5.41) is 0. The second kappa shape index (κ2) is 2.69. The van der Waals surface area contributed by atoms with Crippen LogP contribution >= 0.6 is 0 Å². The van der Waals surface area contributed by atoms with E-state index in [9.17, 15) is 0 Å². The maximum Gasteiger partial charge on any atom is -0.00989 e. The highest BCUT2D eigenvalue weighted by Crippen LogP contribution is 2.34. The van der Waals surface area contributed by atoms with Crippen molar-refractivity contribution < 1.29 is 0 Å². The van der Waals surface area contributed by atoms with E-state index >= 15 is 0 Å². The lowest BCUT2D eigenvalue weighted by molar-refractivity contribution is 1.14. The predicted octanol–water partition coefficient (Wildman–Crippen LogP) is 3.62. The van der Waals surface area contributed by atoms with Gasteiger partial charge in [0.05, 0.1) is 0 Å². The monoisotopic (exact) mass is 148 g/mol. The summed E-state index contributed by atoms with van der Waals surface area (Å²) in [6, 6.07) is 0. The van der Waals surface area contributed by atoms with Gasteiger partial charge in [-0.1, -0.05) is 23.3 Å². The Morgan fingerprint density at radius 2 is 1.73 bits per heavy atom. The summed E-state index contributed by atoms with van der Waals surface area (Å²) in [6.07, 6.45) is 1.15. The summed E-state index contributed by atoms with van der Waals surface area (Å²) in [5.41, 5.74) is 7.03. The molecule has 0 heterocycles. The highest BCUT2D eigenvalue weighted by atomic mass is 14.2. The Balaban J connectivity index is 3.10. The van der Waals surface area contributed by atoms with Gasteiger partial charge in [-0.3, -0.25) is 0 Å². The van der Waals surface area contributed by atoms with E-state index in [0.29, 0.717) is 0 Å². The summed E-state index contributed by atoms with van der Waals surface area (Å²) in [5.74, 6) is 0. The molecule has 0 fully saturated rings. The largest absolute Gasteiger partial charge is 0.0955 e. The summed E-state index contributed by atoms with van der Waals surface area (Å²) in [7, 11) is 0. The smallest absolute Gasteiger partial charge is 0.00989 e. The van der Waals surface area contributed by atoms with Gasteiger partial charge in [0, 0.05) is 0 Å². The summed E-state index contributed by atoms with van der Waals surface area (Å²) in [6.45, 7) is 12.7. The highest BCUT2D eigenvalue weighted by molar-refractivity contribution is 5.53. The van der Waals surface area contributed by atoms with Crippen LogP contribution in [-0.4, -0.2) is 0 Å². The molecule has 0 amide bonds. The minimum absolute atomic E-state index is 1.15. The quantitative estimate of drug-likeness (QED) is 0.532. The van der Waals surface area contributed by atoms with Gasteiger partial charge in [-0.25, -0.2) is 0 Å². The molecule has 60 valence electrons. The lowest BCUT2D eigenvalue weighted by Crippen LogP contribution is -1.85. The molecule has 0 saturated heterocycles. The molecule has 0 N–H and O–H groups in total. The number of hydrogen-bond donors (Lipinski definition) is 0. The third-order valence-corrected chi connectivity index (χ3v) is 2.40. The molecule has 0 radical (unpaired) electrons. The fourth-order valence-corrected chi connectivity index (χ4v) is 1.84. The van der Waals surface area contributed by atoms with Crippen molar-refractivity contribution in [1.82, 2.24) is 0 Å². The van der Waals surface area contributed by atoms with Crippen LogP contribution in [0.25, 0.3) is 0 Å². The van der Waals surface area contributed by atoms with Crippen molar-refractivity contribution in [3.05, 3.63) is 34.4 Å². The number of rotatable bonds is 1. The molecule has 0 spiro atoms. The average Bonchev–Trinajstić information content (AvgIpc) is 2.07. The Morgan fingerprint density at radius 1 is 1.18 bits per heavy atom. The van der Waals surface area contributed by atoms with Gasteiger partial charge in [0.1, 0.15) is 0 Å². The van der Waals surface area contributed by atoms with Crippen molar-refractivity contribution in [3.63, 3.8) is 0 Å². The van der Waals surface area contributed by atoms with E-state index in [1.807, 2.05) is 0 Å². The average molecular weight is 148 g/mol. The highest BCUT2D eigenvalue weighted by Gasteiger charge is 2.15. The first-order valence-electron chi connectivity index (χ1n) is 4.06. The maximum atomic E-state index is 3.98. The Morgan fingerprint density at radius 3 is 1.91 bits per heavy atom. The Labute approximate surface area is 69.3 Å². The number of allylic oxidation sites excluding steroid dienone is 5. The van der Waals surface area contributed by atoms with E-state index in [-0.39, 0.29) is 0 Å². The molecule has 1 rings (SSSR count). The minimum atomic E-state index is 1.15. The van der Waals surface area contributed by atoms with Gasteiger partial charge in [-0.15, -0.1) is 0 Å². The van der Waals surface area contributed by atoms with Gasteiger partial charge < -0.3 is 0 Å². The van der Waals surface area contributed by atoms with Gasteiger partial charge in [0.25, 0.3) is 0 Å². The molecule has 11 heavy (non-hydrogen) atoms. The molecule has 0 aromatic heterocycles. The molecule has 0 aromatic carbocycles. The molecule has 0 nitrogen and oxygen atoms in total. The van der Waals surface area contributed by atoms with Gasteiger partial charge >= 0.3 is 0 Å². The topological polar surface area (TPSA) is 0 Å². The van der Waals surface area contributed by atoms with Gasteiger partial charge in [0.15, 0.2) is 0 Å². The van der Waals surface area contributed by atoms with Crippen molar-refractivity contribution >= 4 is 0 Å². The third kappa shape index (κ3) is 1.30. The third-order valence-electron chi connectivity index (χ3n) is 2.40. The molecule has 1 aliphatic rings. The second-order valence-corrected chi connectivity index (χ2v) is 3.52. The first-order chi connectivity index (χ1) is 5.04. The first kappa shape index (κ1) is 8.32. The Hall–Kier alpha value is -0.780. The van der Waals surface area contributed by atoms with Crippen LogP contribution in [0.15, 0.2) is 34.4 Å². The molecule has 0 heteroatoms. The van der Waals surface area contributed by atoms with Crippen molar-refractivity contribution in [3.8, 4) is 0 Å². The van der Waals surface area contributed by atoms with Crippen LogP contribution in [0.2, 0.25) is 0 Å². The van der Waals surface area contributed by atoms with E-state index in [1.165, 1.54) is 27.9 Å². The molecular weight excluding hydrogens is 132 g/mol. The van der Waals surface area contributed by atoms with Crippen LogP contribution in [0.5, 0.6) is 0 Å². The van der Waals surface area contributed by atoms with E-state index < -0.39 is 0 Å². The minimum Gasteiger partial charge on any atom is -0.0955 e. The molecular formula is C11H16. The summed E-state index contributed by atoms with van der Waals surface area (Å²) in [4.78, 5) is 0. The standard InChI is InChI=1S/C11H16/c1-7(2)11-9(4)6-8(3)10(11)5/h1,6H2,2-5H3. The summed E-state index contributed by atoms with van der Waals surface area (Å²) >= 11 is 0. The fraction of sp³-hybridized carbons (Fsp3) is 0.455. The molecule has 0 unspecified atom stereocenters. The maximum absolute atomic E-state index is 3.98. The van der Waals surface area contributed by atoms with E-state index in [1.54, 1.807) is 0 Å². The van der Waals surface area contributed by atoms with Gasteiger partial charge in [-0.05, 0) is 45.3 Å². The Kier molecular flexibility index (Phi) is 2.03. The zero-order valence-corrected chi connectivity index (χ0v) is 7.91. The van der Waals surface area contributed by atoms with E-state index in [0.717, 1.165) is 6.42 Å². The zero-order valence-electron chi connectivity index (χ0n) is 7.91. The molecule has 0 aromatic rings. The molecule has 1 aliphatic carbocycles. The van der Waals surface area contributed by atoms with Crippen molar-refractivity contribution in [1.29, 1.82) is 0 Å². The van der Waals surface area contributed by atoms with Crippen LogP contribution < -0.4 is 0 Å². The fourth-order valence-electron chi connectivity index (χ4n) is 1.84. The van der Waals surface area contributed by atoms with Crippen LogP contribution in [0.4, 0.5) is 0 Å². The number of hydrogen-bond acceptors (Lipinski definition) is 0. The predicted molar refractivity (Wildman–Crippen MR) is 50.5 cm³/mol. The van der Waals surface area contributed by atoms with E-state index in [4.69, 9.17) is 0 Å². The van der Waals surface area contributed by atoms with Crippen molar-refractivity contribution in [2.45, 2.75) is 34.1 Å². The normalized spacial score (nSPS) is 18.2. The Bertz CT molecular complexity index is 262. The van der Waals surface area contributed by atoms with Crippen LogP contribution in [0.3, 0.4) is 0 Å². The molecule has 0 aliphatic heterocycles. The molecule has 0 atom stereocenters. The van der Waals surface area contributed by atoms with Crippen LogP contribution in [0, 0.1) is 0 Å². The van der Waals surface area contributed by atoms with Crippen molar-refractivity contribution in [2.24, 2.45) is 0 Å². The van der Waals surface area contributed by atoms with Gasteiger partial charge in [-0.2, -0.15) is 0 Å². The van der Waals surface area contributed by atoms with Crippen molar-refractivity contribution in [2.75, 3.05) is 0 Å². The van der Waals surface area contributed by atoms with E-state index in [2.05, 4.69) is 34.3 Å². The zero-order chi connectivity index (χ0) is 8.59. The molecule has 0 saturated carbocycles. The second-order valence-electron chi connectivity index (χ2n) is 3.52.